The van der Waals surface area contributed by atoms with Gasteiger partial charge in [0.25, 0.3) is 11.8 Å². The van der Waals surface area contributed by atoms with Gasteiger partial charge in [0.1, 0.15) is 11.6 Å². The zero-order valence-corrected chi connectivity index (χ0v) is 29.4. The Balaban J connectivity index is 1.04. The number of carbonyl (C=O) groups excluding carboxylic acids is 2. The number of anilines is 3. The third-order valence-electron chi connectivity index (χ3n) is 9.96. The second-order valence-corrected chi connectivity index (χ2v) is 14.3. The third-order valence-corrected chi connectivity index (χ3v) is 11.2. The molecule has 3 aliphatic heterocycles. The van der Waals surface area contributed by atoms with Crippen LogP contribution in [0.25, 0.3) is 10.4 Å². The van der Waals surface area contributed by atoms with Crippen LogP contribution >= 0.6 is 11.3 Å². The van der Waals surface area contributed by atoms with E-state index in [9.17, 15) is 22.9 Å². The molecule has 2 N–H and O–H groups in total. The van der Waals surface area contributed by atoms with Crippen LogP contribution < -0.4 is 15.5 Å². The van der Waals surface area contributed by atoms with Gasteiger partial charge in [-0.3, -0.25) is 14.6 Å². The van der Waals surface area contributed by atoms with Crippen LogP contribution in [0, 0.1) is 17.0 Å². The first kappa shape index (κ1) is 35.1. The van der Waals surface area contributed by atoms with Gasteiger partial charge < -0.3 is 25.2 Å². The topological polar surface area (TPSA) is 98.6 Å². The molecule has 7 rings (SSSR count). The van der Waals surface area contributed by atoms with Gasteiger partial charge >= 0.3 is 0 Å². The molecular weight excluding hydrogens is 690 g/mol. The van der Waals surface area contributed by atoms with Gasteiger partial charge in [0.2, 0.25) is 0 Å². The summed E-state index contributed by atoms with van der Waals surface area (Å²) < 4.78 is 48.6. The van der Waals surface area contributed by atoms with E-state index in [1.807, 2.05) is 6.07 Å². The number of amidine groups is 1. The molecule has 1 spiro atoms. The van der Waals surface area contributed by atoms with Crippen molar-refractivity contribution in [2.75, 3.05) is 48.4 Å². The summed E-state index contributed by atoms with van der Waals surface area (Å²) in [5.74, 6) is -1.75. The van der Waals surface area contributed by atoms with Crippen LogP contribution in [-0.2, 0) is 22.5 Å². The number of benzene rings is 3. The highest BCUT2D eigenvalue weighted by Gasteiger charge is 2.46. The van der Waals surface area contributed by atoms with Gasteiger partial charge in [-0.1, -0.05) is 21.8 Å². The summed E-state index contributed by atoms with van der Waals surface area (Å²) in [5.41, 5.74) is 3.78. The number of halogens is 3. The summed E-state index contributed by atoms with van der Waals surface area (Å²) in [7, 11) is 0. The normalized spacial score (nSPS) is 16.8. The largest absolute Gasteiger partial charge is 0.381 e. The molecule has 2 amide bonds. The van der Waals surface area contributed by atoms with Crippen molar-refractivity contribution >= 4 is 58.5 Å². The molecule has 0 bridgehead atoms. The lowest BCUT2D eigenvalue weighted by Gasteiger charge is -2.53. The fourth-order valence-electron chi connectivity index (χ4n) is 7.18. The minimum Gasteiger partial charge on any atom is -0.381 e. The molecule has 3 aliphatic rings. The van der Waals surface area contributed by atoms with Crippen LogP contribution in [-0.4, -0.2) is 62.1 Å². The number of carbonyl (C=O) groups is 2. The van der Waals surface area contributed by atoms with Gasteiger partial charge in [-0.15, -0.1) is 11.3 Å². The van der Waals surface area contributed by atoms with Crippen molar-refractivity contribution in [3.05, 3.63) is 106 Å². The van der Waals surface area contributed by atoms with Crippen molar-refractivity contribution in [1.82, 2.24) is 4.90 Å². The molecule has 1 aromatic heterocycles. The maximum atomic E-state index is 14.7. The zero-order chi connectivity index (χ0) is 36.4. The van der Waals surface area contributed by atoms with E-state index in [1.54, 1.807) is 59.2 Å². The predicted molar refractivity (Wildman–Crippen MR) is 199 cm³/mol. The Kier molecular flexibility index (Phi) is 9.98. The second-order valence-electron chi connectivity index (χ2n) is 13.2. The average Bonchev–Trinajstić information content (AvgIpc) is 3.49. The average molecular weight is 727 g/mol. The van der Waals surface area contributed by atoms with Crippen LogP contribution in [0.1, 0.15) is 40.6 Å². The fourth-order valence-corrected chi connectivity index (χ4v) is 8.36. The Morgan fingerprint density at radius 3 is 2.54 bits per heavy atom. The van der Waals surface area contributed by atoms with E-state index < -0.39 is 17.5 Å². The Bertz CT molecular complexity index is 2080. The summed E-state index contributed by atoms with van der Waals surface area (Å²) >= 11 is 1.50. The molecule has 0 atom stereocenters. The van der Waals surface area contributed by atoms with E-state index in [2.05, 4.69) is 27.6 Å². The lowest BCUT2D eigenvalue weighted by molar-refractivity contribution is -0.112. The van der Waals surface area contributed by atoms with Crippen LogP contribution in [0.4, 0.5) is 36.0 Å². The monoisotopic (exact) mass is 726 g/mol. The quantitative estimate of drug-likeness (QED) is 0.109. The number of ether oxygens (including phenoxy) is 1. The standard InChI is InChI=1S/C39H37F3N6O3S/c1-3-29(36(46-42)47-22-39(23-47)14-17-51-18-15-39)37(49)45-27-10-7-24(8-11-27)38(50)48-16-13-25-19-28(21-44-34-31(41)5-4-6-32(34)43-2)52-35(25)30-12-9-26(40)20-33(30)48/h3-12,19-20,44H,2,13-18,21-23H2,1H3,(H,45,49)/b29-3+,46-36+. The molecule has 4 aromatic rings. The Labute approximate surface area is 303 Å². The van der Waals surface area contributed by atoms with Crippen LogP contribution in [0.15, 0.2) is 88.6 Å². The molecule has 52 heavy (non-hydrogen) atoms. The molecule has 13 heteroatoms. The van der Waals surface area contributed by atoms with Crippen molar-refractivity contribution in [3.63, 3.8) is 0 Å². The first-order chi connectivity index (χ1) is 25.2. The van der Waals surface area contributed by atoms with E-state index in [0.717, 1.165) is 33.7 Å². The minimum absolute atomic E-state index is 0.00269. The first-order valence-electron chi connectivity index (χ1n) is 17.0. The maximum Gasteiger partial charge on any atom is 0.259 e. The predicted octanol–water partition coefficient (Wildman–Crippen LogP) is 8.12. The first-order valence-corrected chi connectivity index (χ1v) is 17.9. The maximum absolute atomic E-state index is 14.7. The van der Waals surface area contributed by atoms with Gasteiger partial charge in [-0.05, 0) is 99.1 Å². The Morgan fingerprint density at radius 2 is 1.83 bits per heavy atom. The molecule has 2 fully saturated rings. The molecule has 4 heterocycles. The Morgan fingerprint density at radius 1 is 1.06 bits per heavy atom. The highest BCUT2D eigenvalue weighted by Crippen LogP contribution is 2.43. The molecule has 3 aromatic carbocycles. The van der Waals surface area contributed by atoms with Gasteiger partial charge in [0.05, 0.1) is 22.6 Å². The number of para-hydroxylation sites is 1. The molecular formula is C39H37F3N6O3S. The third kappa shape index (κ3) is 6.85. The summed E-state index contributed by atoms with van der Waals surface area (Å²) in [6.07, 6.45) is 3.84. The number of likely N-dealkylation sites (tertiary alicyclic amines) is 1. The minimum atomic E-state index is -0.518. The SMILES string of the molecule is C=Nc1cccc(F)c1NCc1cc2c(s1)-c1ccc(F)cc1N(C(=O)c1ccc(NC(=O)C(=C/C)/C(=N\F)N3CC4(CCOCC4)C3)cc1)CC2. The van der Waals surface area contributed by atoms with Crippen LogP contribution in [0.5, 0.6) is 0 Å². The summed E-state index contributed by atoms with van der Waals surface area (Å²) in [6.45, 7) is 8.40. The molecule has 0 saturated carbocycles. The lowest BCUT2D eigenvalue weighted by atomic mass is 9.73. The molecule has 0 aliphatic carbocycles. The van der Waals surface area contributed by atoms with Gasteiger partial charge in [0.15, 0.2) is 5.84 Å². The van der Waals surface area contributed by atoms with E-state index in [1.165, 1.54) is 35.6 Å². The van der Waals surface area contributed by atoms with E-state index in [0.29, 0.717) is 68.4 Å². The van der Waals surface area contributed by atoms with E-state index in [-0.39, 0.29) is 28.4 Å². The number of rotatable bonds is 8. The van der Waals surface area contributed by atoms with Gasteiger partial charge in [-0.2, -0.15) is 0 Å². The smallest absolute Gasteiger partial charge is 0.259 e. The van der Waals surface area contributed by atoms with E-state index in [4.69, 9.17) is 4.74 Å². The molecule has 0 radical (unpaired) electrons. The number of allylic oxidation sites excluding steroid dienone is 1. The number of thiophene rings is 1. The van der Waals surface area contributed by atoms with Crippen molar-refractivity contribution in [3.8, 4) is 10.4 Å². The number of hydrogen-bond donors (Lipinski definition) is 2. The van der Waals surface area contributed by atoms with Crippen molar-refractivity contribution < 1.29 is 27.6 Å². The second kappa shape index (κ2) is 14.8. The summed E-state index contributed by atoms with van der Waals surface area (Å²) in [5, 5.41) is 8.90. The molecule has 0 unspecified atom stereocenters. The fraction of sp³-hybridized carbons (Fsp3) is 0.282. The number of nitrogens with one attached hydrogen (secondary N) is 2. The number of hydrogen-bond acceptors (Lipinski definition) is 7. The molecule has 268 valence electrons. The Hall–Kier alpha value is -5.27. The van der Waals surface area contributed by atoms with Crippen molar-refractivity contribution in [2.45, 2.75) is 32.7 Å². The highest BCUT2D eigenvalue weighted by molar-refractivity contribution is 7.15. The molecule has 2 saturated heterocycles. The zero-order valence-electron chi connectivity index (χ0n) is 28.6. The van der Waals surface area contributed by atoms with E-state index >= 15 is 0 Å². The number of amides is 2. The van der Waals surface area contributed by atoms with Gasteiger partial charge in [-0.25, -0.2) is 8.78 Å². The lowest BCUT2D eigenvalue weighted by Crippen LogP contribution is -2.60. The highest BCUT2D eigenvalue weighted by atomic mass is 32.1. The number of fused-ring (bicyclic) bond motifs is 3. The number of nitrogens with zero attached hydrogens (tertiary/aromatic N) is 4. The van der Waals surface area contributed by atoms with Crippen molar-refractivity contribution in [1.29, 1.82) is 0 Å². The van der Waals surface area contributed by atoms with Crippen LogP contribution in [0.2, 0.25) is 0 Å². The summed E-state index contributed by atoms with van der Waals surface area (Å²) in [4.78, 5) is 36.3. The van der Waals surface area contributed by atoms with Gasteiger partial charge in [0, 0.05) is 71.4 Å². The van der Waals surface area contributed by atoms with Crippen molar-refractivity contribution in [2.24, 2.45) is 15.6 Å². The van der Waals surface area contributed by atoms with Crippen LogP contribution in [0.3, 0.4) is 0 Å². The molecule has 9 nitrogen and oxygen atoms in total. The number of aliphatic imine (C=N–C) groups is 1. The summed E-state index contributed by atoms with van der Waals surface area (Å²) in [6, 6.07) is 17.4.